The second-order valence-electron chi connectivity index (χ2n) is 5.57. The molecule has 1 aliphatic rings. The maximum absolute atomic E-state index is 12.8. The minimum absolute atomic E-state index is 0.0648. The fraction of sp³-hybridized carbons (Fsp3) is 0.923. The van der Waals surface area contributed by atoms with E-state index in [1.54, 1.807) is 13.8 Å². The number of carbonyl (C=O) groups is 1. The fourth-order valence-corrected chi connectivity index (χ4v) is 2.92. The lowest BCUT2D eigenvalue weighted by Gasteiger charge is -2.41. The molecule has 1 fully saturated rings. The Labute approximate surface area is 111 Å². The topological polar surface area (TPSA) is 46.5 Å². The Bertz CT molecular complexity index is 328. The van der Waals surface area contributed by atoms with E-state index in [0.29, 0.717) is 12.8 Å². The van der Waals surface area contributed by atoms with Gasteiger partial charge in [-0.3, -0.25) is 0 Å². The number of carbonyl (C=O) groups excluding carboxylic acids is 1. The highest BCUT2D eigenvalue weighted by atomic mass is 19.4. The zero-order chi connectivity index (χ0) is 14.8. The molecule has 0 amide bonds. The number of rotatable bonds is 3. The summed E-state index contributed by atoms with van der Waals surface area (Å²) >= 11 is 0. The molecule has 0 spiro atoms. The van der Waals surface area contributed by atoms with Gasteiger partial charge in [0.05, 0.1) is 13.0 Å². The minimum atomic E-state index is -4.27. The summed E-state index contributed by atoms with van der Waals surface area (Å²) in [7, 11) is 1.14. The Morgan fingerprint density at radius 2 is 1.79 bits per heavy atom. The van der Waals surface area contributed by atoms with Crippen molar-refractivity contribution in [1.82, 2.24) is 0 Å². The lowest BCUT2D eigenvalue weighted by atomic mass is 9.68. The highest BCUT2D eigenvalue weighted by molar-refractivity contribution is 5.80. The molecule has 0 bridgehead atoms. The Balaban J connectivity index is 2.95. The molecule has 0 aromatic carbocycles. The predicted molar refractivity (Wildman–Crippen MR) is 63.3 cm³/mol. The van der Waals surface area contributed by atoms with Crippen molar-refractivity contribution in [3.05, 3.63) is 0 Å². The molecule has 0 aromatic heterocycles. The third kappa shape index (κ3) is 3.22. The maximum atomic E-state index is 12.8. The molecule has 0 aromatic rings. The smallest absolute Gasteiger partial charge is 0.391 e. The van der Waals surface area contributed by atoms with E-state index in [2.05, 4.69) is 4.74 Å². The first kappa shape index (κ1) is 16.3. The summed E-state index contributed by atoms with van der Waals surface area (Å²) < 4.78 is 42.9. The molecule has 1 rings (SSSR count). The molecule has 1 N–H and O–H groups in total. The van der Waals surface area contributed by atoms with Gasteiger partial charge < -0.3 is 9.84 Å². The van der Waals surface area contributed by atoms with Crippen molar-refractivity contribution < 1.29 is 27.8 Å². The average Bonchev–Trinajstić information content (AvgIpc) is 2.35. The standard InChI is InChI=1S/C13H21F3O3/c1-8(2)12(18,11(17)19-3)9-5-4-6-10(7-9)13(14,15)16/h8-10,18H,4-7H2,1-3H3. The van der Waals surface area contributed by atoms with Gasteiger partial charge >= 0.3 is 12.1 Å². The number of hydrogen-bond acceptors (Lipinski definition) is 3. The third-order valence-electron chi connectivity index (χ3n) is 4.15. The van der Waals surface area contributed by atoms with Crippen LogP contribution in [0.25, 0.3) is 0 Å². The molecule has 3 nitrogen and oxygen atoms in total. The van der Waals surface area contributed by atoms with Crippen molar-refractivity contribution >= 4 is 5.97 Å². The molecular weight excluding hydrogens is 261 g/mol. The normalized spacial score (nSPS) is 28.0. The summed E-state index contributed by atoms with van der Waals surface area (Å²) in [4.78, 5) is 11.8. The van der Waals surface area contributed by atoms with E-state index >= 15 is 0 Å². The van der Waals surface area contributed by atoms with Gasteiger partial charge in [-0.25, -0.2) is 4.79 Å². The zero-order valence-electron chi connectivity index (χ0n) is 11.5. The van der Waals surface area contributed by atoms with Crippen LogP contribution in [0.2, 0.25) is 0 Å². The van der Waals surface area contributed by atoms with Gasteiger partial charge in [0.1, 0.15) is 0 Å². The van der Waals surface area contributed by atoms with Crippen molar-refractivity contribution in [1.29, 1.82) is 0 Å². The van der Waals surface area contributed by atoms with E-state index in [1.807, 2.05) is 0 Å². The lowest BCUT2D eigenvalue weighted by molar-refractivity contribution is -0.204. The number of esters is 1. The van der Waals surface area contributed by atoms with Gasteiger partial charge in [-0.15, -0.1) is 0 Å². The lowest BCUT2D eigenvalue weighted by Crippen LogP contribution is -2.53. The van der Waals surface area contributed by atoms with Crippen LogP contribution in [0, 0.1) is 17.8 Å². The van der Waals surface area contributed by atoms with Gasteiger partial charge in [0.15, 0.2) is 5.60 Å². The molecule has 3 unspecified atom stereocenters. The summed E-state index contributed by atoms with van der Waals surface area (Å²) in [6, 6.07) is 0. The highest BCUT2D eigenvalue weighted by Gasteiger charge is 2.52. The molecule has 0 radical (unpaired) electrons. The molecule has 6 heteroatoms. The van der Waals surface area contributed by atoms with Gasteiger partial charge in [-0.05, 0) is 31.1 Å². The second-order valence-corrected chi connectivity index (χ2v) is 5.57. The van der Waals surface area contributed by atoms with Crippen molar-refractivity contribution in [3.63, 3.8) is 0 Å². The summed E-state index contributed by atoms with van der Waals surface area (Å²) in [5.41, 5.74) is -1.83. The molecule has 0 heterocycles. The number of halogens is 3. The molecule has 19 heavy (non-hydrogen) atoms. The molecule has 3 atom stereocenters. The van der Waals surface area contributed by atoms with Crippen LogP contribution in [-0.2, 0) is 9.53 Å². The average molecular weight is 282 g/mol. The van der Waals surface area contributed by atoms with E-state index in [4.69, 9.17) is 0 Å². The molecule has 112 valence electrons. The van der Waals surface area contributed by atoms with Crippen LogP contribution in [0.1, 0.15) is 39.5 Å². The Morgan fingerprint density at radius 3 is 2.21 bits per heavy atom. The first-order chi connectivity index (χ1) is 8.64. The number of hydrogen-bond donors (Lipinski definition) is 1. The summed E-state index contributed by atoms with van der Waals surface area (Å²) in [5.74, 6) is -3.48. The van der Waals surface area contributed by atoms with Crippen LogP contribution in [-0.4, -0.2) is 30.0 Å². The van der Waals surface area contributed by atoms with Crippen LogP contribution in [0.15, 0.2) is 0 Å². The van der Waals surface area contributed by atoms with Gasteiger partial charge in [-0.1, -0.05) is 20.3 Å². The van der Waals surface area contributed by atoms with E-state index in [9.17, 15) is 23.1 Å². The number of ether oxygens (including phenoxy) is 1. The third-order valence-corrected chi connectivity index (χ3v) is 4.15. The van der Waals surface area contributed by atoms with Gasteiger partial charge in [0.2, 0.25) is 0 Å². The number of alkyl halides is 3. The molecule has 0 aliphatic heterocycles. The van der Waals surface area contributed by atoms with Crippen LogP contribution >= 0.6 is 0 Å². The van der Waals surface area contributed by atoms with Crippen LogP contribution in [0.3, 0.4) is 0 Å². The van der Waals surface area contributed by atoms with Crippen LogP contribution < -0.4 is 0 Å². The van der Waals surface area contributed by atoms with E-state index in [-0.39, 0.29) is 12.8 Å². The molecule has 1 aliphatic carbocycles. The first-order valence-electron chi connectivity index (χ1n) is 6.51. The van der Waals surface area contributed by atoms with Crippen LogP contribution in [0.5, 0.6) is 0 Å². The van der Waals surface area contributed by atoms with Gasteiger partial charge in [0, 0.05) is 0 Å². The fourth-order valence-electron chi connectivity index (χ4n) is 2.92. The summed E-state index contributed by atoms with van der Waals surface area (Å²) in [6.07, 6.45) is -3.65. The van der Waals surface area contributed by atoms with Crippen LogP contribution in [0.4, 0.5) is 13.2 Å². The van der Waals surface area contributed by atoms with Gasteiger partial charge in [-0.2, -0.15) is 13.2 Å². The predicted octanol–water partition coefficient (Wildman–Crippen LogP) is 2.92. The van der Waals surface area contributed by atoms with Crippen molar-refractivity contribution in [2.24, 2.45) is 17.8 Å². The largest absolute Gasteiger partial charge is 0.467 e. The van der Waals surface area contributed by atoms with Crippen molar-refractivity contribution in [2.45, 2.75) is 51.3 Å². The van der Waals surface area contributed by atoms with E-state index in [0.717, 1.165) is 7.11 Å². The minimum Gasteiger partial charge on any atom is -0.467 e. The summed E-state index contributed by atoms with van der Waals surface area (Å²) in [6.45, 7) is 3.24. The number of methoxy groups -OCH3 is 1. The van der Waals surface area contributed by atoms with E-state index in [1.165, 1.54) is 0 Å². The Kier molecular flexibility index (Phi) is 4.87. The first-order valence-corrected chi connectivity index (χ1v) is 6.51. The molecular formula is C13H21F3O3. The van der Waals surface area contributed by atoms with E-state index < -0.39 is 35.5 Å². The molecule has 0 saturated heterocycles. The Hall–Kier alpha value is -0.780. The summed E-state index contributed by atoms with van der Waals surface area (Å²) in [5, 5.41) is 10.5. The van der Waals surface area contributed by atoms with Crippen molar-refractivity contribution in [2.75, 3.05) is 7.11 Å². The second kappa shape index (κ2) is 5.69. The monoisotopic (exact) mass is 282 g/mol. The highest BCUT2D eigenvalue weighted by Crippen LogP contribution is 2.45. The van der Waals surface area contributed by atoms with Crippen molar-refractivity contribution in [3.8, 4) is 0 Å². The maximum Gasteiger partial charge on any atom is 0.391 e. The quantitative estimate of drug-likeness (QED) is 0.810. The zero-order valence-corrected chi connectivity index (χ0v) is 11.5. The Morgan fingerprint density at radius 1 is 1.26 bits per heavy atom. The molecule has 1 saturated carbocycles. The number of aliphatic hydroxyl groups is 1. The van der Waals surface area contributed by atoms with Gasteiger partial charge in [0.25, 0.3) is 0 Å². The SMILES string of the molecule is COC(=O)C(O)(C(C)C)C1CCCC(C(F)(F)F)C1.